The molecule has 2 atom stereocenters. The van der Waals surface area contributed by atoms with Crippen molar-refractivity contribution in [3.63, 3.8) is 0 Å². The van der Waals surface area contributed by atoms with Gasteiger partial charge in [0, 0.05) is 29.9 Å². The second kappa shape index (κ2) is 13.2. The number of pyridine rings is 1. The quantitative estimate of drug-likeness (QED) is 0.325. The number of nitrogen functional groups attached to an aromatic ring is 1. The second-order valence-corrected chi connectivity index (χ2v) is 11.2. The Morgan fingerprint density at radius 2 is 2.03 bits per heavy atom. The van der Waals surface area contributed by atoms with Gasteiger partial charge in [-0.1, -0.05) is 31.2 Å². The summed E-state index contributed by atoms with van der Waals surface area (Å²) in [6, 6.07) is 6.91. The molecule has 2 heterocycles. The number of rotatable bonds is 11. The molecule has 2 aromatic rings. The number of esters is 1. The maximum absolute atomic E-state index is 13.3. The number of aromatic nitrogens is 1. The molecule has 3 N–H and O–H groups in total. The number of nitrogens with zero attached hydrogens (tertiary/aromatic N) is 2. The van der Waals surface area contributed by atoms with Crippen molar-refractivity contribution in [2.75, 3.05) is 36.5 Å². The minimum atomic E-state index is -3.49. The molecular formula is C28H36N4O5S. The summed E-state index contributed by atoms with van der Waals surface area (Å²) in [5.74, 6) is -0.706. The fraction of sp³-hybridized carbons (Fsp3) is 0.393. The Labute approximate surface area is 224 Å². The number of carbonyl (C=O) groups excluding carboxylic acids is 2. The van der Waals surface area contributed by atoms with Crippen LogP contribution in [0.3, 0.4) is 0 Å². The van der Waals surface area contributed by atoms with Gasteiger partial charge in [0.25, 0.3) is 0 Å². The third-order valence-corrected chi connectivity index (χ3v) is 8.34. The Morgan fingerprint density at radius 1 is 1.24 bits per heavy atom. The lowest BCUT2D eigenvalue weighted by Gasteiger charge is -2.27. The molecule has 0 spiro atoms. The van der Waals surface area contributed by atoms with Gasteiger partial charge in [-0.3, -0.25) is 9.59 Å². The number of hydrogen-bond donors (Lipinski definition) is 2. The zero-order valence-electron chi connectivity index (χ0n) is 22.1. The third kappa shape index (κ3) is 7.00. The van der Waals surface area contributed by atoms with E-state index in [1.54, 1.807) is 55.3 Å². The molecule has 1 fully saturated rings. The van der Waals surface area contributed by atoms with E-state index >= 15 is 0 Å². The van der Waals surface area contributed by atoms with Gasteiger partial charge in [-0.15, -0.1) is 0 Å². The number of nitrogens with one attached hydrogen (secondary N) is 1. The summed E-state index contributed by atoms with van der Waals surface area (Å²) in [7, 11) is -3.49. The molecule has 0 aliphatic carbocycles. The second-order valence-electron chi connectivity index (χ2n) is 8.92. The molecule has 1 amide bonds. The van der Waals surface area contributed by atoms with E-state index in [2.05, 4.69) is 10.3 Å². The van der Waals surface area contributed by atoms with Gasteiger partial charge in [-0.25, -0.2) is 13.4 Å². The monoisotopic (exact) mass is 540 g/mol. The smallest absolute Gasteiger partial charge is 0.311 e. The molecule has 1 saturated heterocycles. The zero-order valence-corrected chi connectivity index (χ0v) is 22.9. The molecule has 38 heavy (non-hydrogen) atoms. The molecule has 10 heteroatoms. The SMILES string of the molecule is C\C=C/C=C\C(=C\C[C@H]1[C@@H](C(=O)OCC)CCN1C(=O)CNc1ccc2c(N)nccc2c1)S(=O)(=O)CC. The summed E-state index contributed by atoms with van der Waals surface area (Å²) in [6.45, 7) is 5.79. The van der Waals surface area contributed by atoms with E-state index < -0.39 is 21.8 Å². The van der Waals surface area contributed by atoms with Gasteiger partial charge in [0.05, 0.1) is 29.7 Å². The van der Waals surface area contributed by atoms with Crippen LogP contribution in [-0.4, -0.2) is 61.7 Å². The van der Waals surface area contributed by atoms with Crippen molar-refractivity contribution in [1.29, 1.82) is 0 Å². The van der Waals surface area contributed by atoms with Crippen molar-refractivity contribution < 1.29 is 22.7 Å². The molecule has 9 nitrogen and oxygen atoms in total. The average molecular weight is 541 g/mol. The first kappa shape index (κ1) is 28.9. The predicted octanol–water partition coefficient (Wildman–Crippen LogP) is 3.85. The number of amides is 1. The molecule has 3 rings (SSSR count). The number of fused-ring (bicyclic) bond motifs is 1. The summed E-state index contributed by atoms with van der Waals surface area (Å²) in [5, 5.41) is 4.88. The molecule has 1 aromatic carbocycles. The lowest BCUT2D eigenvalue weighted by atomic mass is 9.97. The molecule has 0 bridgehead atoms. The van der Waals surface area contributed by atoms with Crippen LogP contribution in [0.25, 0.3) is 10.8 Å². The molecule has 1 aromatic heterocycles. The number of allylic oxidation sites excluding steroid dienone is 4. The maximum atomic E-state index is 13.3. The fourth-order valence-electron chi connectivity index (χ4n) is 4.53. The van der Waals surface area contributed by atoms with E-state index in [1.807, 2.05) is 31.2 Å². The van der Waals surface area contributed by atoms with Gasteiger partial charge in [0.2, 0.25) is 5.91 Å². The summed E-state index contributed by atoms with van der Waals surface area (Å²) in [5.41, 5.74) is 6.67. The fourth-order valence-corrected chi connectivity index (χ4v) is 5.50. The van der Waals surface area contributed by atoms with Crippen molar-refractivity contribution in [3.8, 4) is 0 Å². The van der Waals surface area contributed by atoms with Crippen molar-refractivity contribution in [2.45, 2.75) is 39.7 Å². The van der Waals surface area contributed by atoms with E-state index in [4.69, 9.17) is 10.5 Å². The van der Waals surface area contributed by atoms with Gasteiger partial charge in [-0.05, 0) is 62.4 Å². The first-order valence-electron chi connectivity index (χ1n) is 12.8. The number of hydrogen-bond acceptors (Lipinski definition) is 8. The van der Waals surface area contributed by atoms with Crippen LogP contribution < -0.4 is 11.1 Å². The van der Waals surface area contributed by atoms with E-state index in [1.165, 1.54) is 0 Å². The van der Waals surface area contributed by atoms with Crippen LogP contribution in [0.4, 0.5) is 11.5 Å². The molecular weight excluding hydrogens is 504 g/mol. The number of nitrogens with two attached hydrogens (primary N) is 1. The highest BCUT2D eigenvalue weighted by molar-refractivity contribution is 7.95. The standard InChI is InChI=1S/C28H36N4O5S/c1-4-7-8-9-22(38(35,36)6-3)11-13-25-24(28(34)37-5-2)15-17-32(25)26(33)19-31-21-10-12-23-20(18-21)14-16-30-27(23)29/h4,7-12,14,16,18,24-25,31H,5-6,13,15,17,19H2,1-3H3,(H2,29,30)/b7-4-,9-8-,22-11-/t24-,25-/m0/s1. The Bertz CT molecular complexity index is 1350. The van der Waals surface area contributed by atoms with Crippen LogP contribution in [0.15, 0.2) is 65.7 Å². The molecule has 1 aliphatic rings. The summed E-state index contributed by atoms with van der Waals surface area (Å²) in [6.07, 6.45) is 10.7. The van der Waals surface area contributed by atoms with Crippen LogP contribution in [-0.2, 0) is 24.2 Å². The number of benzene rings is 1. The Kier molecular flexibility index (Phi) is 10.1. The zero-order chi connectivity index (χ0) is 27.7. The van der Waals surface area contributed by atoms with Crippen LogP contribution >= 0.6 is 0 Å². The molecule has 0 saturated carbocycles. The lowest BCUT2D eigenvalue weighted by Crippen LogP contribution is -2.42. The lowest BCUT2D eigenvalue weighted by molar-refractivity contribution is -0.149. The summed E-state index contributed by atoms with van der Waals surface area (Å²) >= 11 is 0. The van der Waals surface area contributed by atoms with Gasteiger partial charge >= 0.3 is 5.97 Å². The first-order valence-corrected chi connectivity index (χ1v) is 14.4. The van der Waals surface area contributed by atoms with E-state index in [-0.39, 0.29) is 42.1 Å². The number of likely N-dealkylation sites (tertiary alicyclic amines) is 1. The Hall–Kier alpha value is -3.66. The van der Waals surface area contributed by atoms with Crippen LogP contribution in [0.2, 0.25) is 0 Å². The van der Waals surface area contributed by atoms with Gasteiger partial charge in [0.1, 0.15) is 5.82 Å². The molecule has 1 aliphatic heterocycles. The van der Waals surface area contributed by atoms with Crippen LogP contribution in [0.1, 0.15) is 33.6 Å². The topological polar surface area (TPSA) is 132 Å². The Balaban J connectivity index is 1.81. The number of sulfone groups is 1. The first-order chi connectivity index (χ1) is 18.2. The highest BCUT2D eigenvalue weighted by Crippen LogP contribution is 2.30. The maximum Gasteiger partial charge on any atom is 0.311 e. The third-order valence-electron chi connectivity index (χ3n) is 6.56. The summed E-state index contributed by atoms with van der Waals surface area (Å²) < 4.78 is 30.6. The van der Waals surface area contributed by atoms with Gasteiger partial charge in [0.15, 0.2) is 9.84 Å². The van der Waals surface area contributed by atoms with Crippen molar-refractivity contribution in [3.05, 3.63) is 65.7 Å². The molecule has 0 unspecified atom stereocenters. The van der Waals surface area contributed by atoms with E-state index in [0.29, 0.717) is 18.8 Å². The number of anilines is 2. The minimum absolute atomic E-state index is 0.0170. The average Bonchev–Trinajstić information content (AvgIpc) is 3.33. The van der Waals surface area contributed by atoms with Gasteiger partial charge in [-0.2, -0.15) is 0 Å². The van der Waals surface area contributed by atoms with Crippen molar-refractivity contribution in [2.24, 2.45) is 5.92 Å². The van der Waals surface area contributed by atoms with Crippen molar-refractivity contribution >= 4 is 44.0 Å². The normalized spacial score (nSPS) is 18.5. The number of ether oxygens (including phenoxy) is 1. The van der Waals surface area contributed by atoms with Crippen LogP contribution in [0.5, 0.6) is 0 Å². The number of carbonyl (C=O) groups is 2. The van der Waals surface area contributed by atoms with Crippen LogP contribution in [0, 0.1) is 5.92 Å². The molecule has 204 valence electrons. The Morgan fingerprint density at radius 3 is 2.74 bits per heavy atom. The van der Waals surface area contributed by atoms with Crippen molar-refractivity contribution in [1.82, 2.24) is 9.88 Å². The molecule has 0 radical (unpaired) electrons. The van der Waals surface area contributed by atoms with Gasteiger partial charge < -0.3 is 20.7 Å². The predicted molar refractivity (Wildman–Crippen MR) is 151 cm³/mol. The highest BCUT2D eigenvalue weighted by Gasteiger charge is 2.41. The minimum Gasteiger partial charge on any atom is -0.466 e. The summed E-state index contributed by atoms with van der Waals surface area (Å²) in [4.78, 5) is 31.9. The van der Waals surface area contributed by atoms with E-state index in [0.717, 1.165) is 16.5 Å². The largest absolute Gasteiger partial charge is 0.466 e. The highest BCUT2D eigenvalue weighted by atomic mass is 32.2. The van der Waals surface area contributed by atoms with E-state index in [9.17, 15) is 18.0 Å².